The predicted octanol–water partition coefficient (Wildman–Crippen LogP) is 3.12. The second-order valence-electron chi connectivity index (χ2n) is 3.33. The van der Waals surface area contributed by atoms with Crippen LogP contribution in [-0.2, 0) is 0 Å². The van der Waals surface area contributed by atoms with Crippen LogP contribution in [0.2, 0.25) is 5.02 Å². The maximum atomic E-state index is 9.01. The summed E-state index contributed by atoms with van der Waals surface area (Å²) in [4.78, 5) is 0. The first-order chi connectivity index (χ1) is 6.83. The summed E-state index contributed by atoms with van der Waals surface area (Å²) in [7, 11) is 0. The highest BCUT2D eigenvalue weighted by Crippen LogP contribution is 2.37. The summed E-state index contributed by atoms with van der Waals surface area (Å²) in [5, 5.41) is 9.61. The van der Waals surface area contributed by atoms with E-state index >= 15 is 0 Å². The molecule has 72 valence electrons. The van der Waals surface area contributed by atoms with Crippen LogP contribution in [0.4, 0.5) is 0 Å². The van der Waals surface area contributed by atoms with E-state index in [9.17, 15) is 0 Å². The smallest absolute Gasteiger partial charge is 0.142 e. The van der Waals surface area contributed by atoms with Crippen molar-refractivity contribution in [2.45, 2.75) is 18.8 Å². The molecule has 1 aliphatic rings. The molecule has 0 bridgehead atoms. The third-order valence-electron chi connectivity index (χ3n) is 2.41. The van der Waals surface area contributed by atoms with Crippen LogP contribution in [0.3, 0.4) is 0 Å². The average Bonchev–Trinajstić information content (AvgIpc) is 2.40. The number of hydrogen-bond acceptors (Lipinski definition) is 2. The molecule has 1 unspecified atom stereocenters. The molecule has 0 amide bonds. The fourth-order valence-electron chi connectivity index (χ4n) is 1.70. The summed E-state index contributed by atoms with van der Waals surface area (Å²) < 4.78 is 5.53. The van der Waals surface area contributed by atoms with Gasteiger partial charge < -0.3 is 4.74 Å². The molecule has 0 saturated carbocycles. The highest BCUT2D eigenvalue weighted by Gasteiger charge is 2.20. The fourth-order valence-corrected chi connectivity index (χ4v) is 1.94. The Labute approximate surface area is 88.1 Å². The Hall–Kier alpha value is -1.20. The van der Waals surface area contributed by atoms with Crippen molar-refractivity contribution in [3.05, 3.63) is 28.8 Å². The number of nitriles is 1. The molecule has 0 spiro atoms. The maximum absolute atomic E-state index is 9.01. The highest BCUT2D eigenvalue weighted by atomic mass is 35.5. The van der Waals surface area contributed by atoms with Gasteiger partial charge in [-0.3, -0.25) is 0 Å². The molecule has 2 rings (SSSR count). The van der Waals surface area contributed by atoms with Gasteiger partial charge in [-0.25, -0.2) is 0 Å². The minimum Gasteiger partial charge on any atom is -0.492 e. The number of halogens is 1. The Bertz CT molecular complexity index is 383. The second-order valence-corrected chi connectivity index (χ2v) is 3.74. The standard InChI is InChI=1S/C11H10ClNO/c12-10-5-1-4-9-8(7-13)3-2-6-14-11(9)10/h1,4-5,8H,2-3,6H2. The first kappa shape index (κ1) is 9.36. The summed E-state index contributed by atoms with van der Waals surface area (Å²) in [6, 6.07) is 7.86. The van der Waals surface area contributed by atoms with Crippen LogP contribution in [0.1, 0.15) is 24.3 Å². The summed E-state index contributed by atoms with van der Waals surface area (Å²) in [6.45, 7) is 0.648. The molecule has 1 atom stereocenters. The molecule has 1 aliphatic heterocycles. The molecule has 2 nitrogen and oxygen atoms in total. The van der Waals surface area contributed by atoms with Crippen molar-refractivity contribution in [1.82, 2.24) is 0 Å². The molecule has 1 aromatic rings. The van der Waals surface area contributed by atoms with Crippen molar-refractivity contribution in [3.63, 3.8) is 0 Å². The lowest BCUT2D eigenvalue weighted by atomic mass is 9.96. The molecular formula is C11H10ClNO. The van der Waals surface area contributed by atoms with E-state index in [0.717, 1.165) is 18.4 Å². The van der Waals surface area contributed by atoms with Crippen LogP contribution >= 0.6 is 11.6 Å². The van der Waals surface area contributed by atoms with E-state index < -0.39 is 0 Å². The highest BCUT2D eigenvalue weighted by molar-refractivity contribution is 6.32. The number of nitrogens with zero attached hydrogens (tertiary/aromatic N) is 1. The van der Waals surface area contributed by atoms with Crippen LogP contribution in [0, 0.1) is 11.3 Å². The van der Waals surface area contributed by atoms with Crippen LogP contribution < -0.4 is 4.74 Å². The number of benzene rings is 1. The Kier molecular flexibility index (Phi) is 2.60. The van der Waals surface area contributed by atoms with Crippen molar-refractivity contribution in [3.8, 4) is 11.8 Å². The Morgan fingerprint density at radius 3 is 3.14 bits per heavy atom. The Morgan fingerprint density at radius 1 is 1.50 bits per heavy atom. The van der Waals surface area contributed by atoms with Gasteiger partial charge in [-0.2, -0.15) is 5.26 Å². The molecule has 0 radical (unpaired) electrons. The van der Waals surface area contributed by atoms with Crippen molar-refractivity contribution in [2.24, 2.45) is 0 Å². The van der Waals surface area contributed by atoms with E-state index in [-0.39, 0.29) is 5.92 Å². The van der Waals surface area contributed by atoms with E-state index in [2.05, 4.69) is 6.07 Å². The first-order valence-corrected chi connectivity index (χ1v) is 5.01. The number of hydrogen-bond donors (Lipinski definition) is 0. The van der Waals surface area contributed by atoms with Gasteiger partial charge in [0.15, 0.2) is 0 Å². The zero-order chi connectivity index (χ0) is 9.97. The largest absolute Gasteiger partial charge is 0.492 e. The normalized spacial score (nSPS) is 20.1. The lowest BCUT2D eigenvalue weighted by molar-refractivity contribution is 0.317. The third-order valence-corrected chi connectivity index (χ3v) is 2.71. The van der Waals surface area contributed by atoms with Gasteiger partial charge in [-0.1, -0.05) is 23.7 Å². The van der Waals surface area contributed by atoms with Crippen LogP contribution in [0.15, 0.2) is 18.2 Å². The Morgan fingerprint density at radius 2 is 2.36 bits per heavy atom. The number of para-hydroxylation sites is 1. The van der Waals surface area contributed by atoms with Gasteiger partial charge in [0.1, 0.15) is 5.75 Å². The fraction of sp³-hybridized carbons (Fsp3) is 0.364. The summed E-state index contributed by atoms with van der Waals surface area (Å²) in [6.07, 6.45) is 1.76. The third kappa shape index (κ3) is 1.56. The van der Waals surface area contributed by atoms with Gasteiger partial charge in [0.05, 0.1) is 23.6 Å². The molecule has 1 heterocycles. The molecule has 0 N–H and O–H groups in total. The van der Waals surface area contributed by atoms with Crippen LogP contribution in [-0.4, -0.2) is 6.61 Å². The van der Waals surface area contributed by atoms with E-state index in [0.29, 0.717) is 17.4 Å². The summed E-state index contributed by atoms with van der Waals surface area (Å²) in [5.74, 6) is 0.615. The molecule has 0 aliphatic carbocycles. The van der Waals surface area contributed by atoms with Gasteiger partial charge in [0.25, 0.3) is 0 Å². The van der Waals surface area contributed by atoms with Crippen molar-refractivity contribution in [2.75, 3.05) is 6.61 Å². The zero-order valence-electron chi connectivity index (χ0n) is 7.66. The number of ether oxygens (including phenoxy) is 1. The zero-order valence-corrected chi connectivity index (χ0v) is 8.42. The molecule has 1 aromatic carbocycles. The summed E-state index contributed by atoms with van der Waals surface area (Å²) in [5.41, 5.74) is 0.928. The van der Waals surface area contributed by atoms with Gasteiger partial charge >= 0.3 is 0 Å². The van der Waals surface area contributed by atoms with Crippen molar-refractivity contribution >= 4 is 11.6 Å². The average molecular weight is 208 g/mol. The van der Waals surface area contributed by atoms with Crippen molar-refractivity contribution in [1.29, 1.82) is 5.26 Å². The van der Waals surface area contributed by atoms with E-state index in [1.807, 2.05) is 12.1 Å². The lowest BCUT2D eigenvalue weighted by Gasteiger charge is -2.10. The van der Waals surface area contributed by atoms with Gasteiger partial charge in [0, 0.05) is 5.56 Å². The van der Waals surface area contributed by atoms with Crippen molar-refractivity contribution < 1.29 is 4.74 Å². The minimum atomic E-state index is -0.0776. The van der Waals surface area contributed by atoms with Gasteiger partial charge in [0.2, 0.25) is 0 Å². The van der Waals surface area contributed by atoms with Crippen LogP contribution in [0.5, 0.6) is 5.75 Å². The SMILES string of the molecule is N#CC1CCCOc2c(Cl)cccc21. The number of rotatable bonds is 0. The lowest BCUT2D eigenvalue weighted by Crippen LogP contribution is -1.95. The minimum absolute atomic E-state index is 0.0776. The molecule has 0 saturated heterocycles. The van der Waals surface area contributed by atoms with E-state index in [1.165, 1.54) is 0 Å². The topological polar surface area (TPSA) is 33.0 Å². The molecule has 14 heavy (non-hydrogen) atoms. The molecule has 0 fully saturated rings. The molecule has 3 heteroatoms. The van der Waals surface area contributed by atoms with Gasteiger partial charge in [-0.05, 0) is 18.9 Å². The predicted molar refractivity (Wildman–Crippen MR) is 54.5 cm³/mol. The first-order valence-electron chi connectivity index (χ1n) is 4.64. The molecular weight excluding hydrogens is 198 g/mol. The second kappa shape index (κ2) is 3.89. The van der Waals surface area contributed by atoms with E-state index in [4.69, 9.17) is 21.6 Å². The summed E-state index contributed by atoms with van der Waals surface area (Å²) >= 11 is 6.00. The maximum Gasteiger partial charge on any atom is 0.142 e. The molecule has 0 aromatic heterocycles. The monoisotopic (exact) mass is 207 g/mol. The van der Waals surface area contributed by atoms with Crippen LogP contribution in [0.25, 0.3) is 0 Å². The van der Waals surface area contributed by atoms with E-state index in [1.54, 1.807) is 6.07 Å². The quantitative estimate of drug-likeness (QED) is 0.655. The Balaban J connectivity index is 2.51. The van der Waals surface area contributed by atoms with Gasteiger partial charge in [-0.15, -0.1) is 0 Å². The number of fused-ring (bicyclic) bond motifs is 1.